The summed E-state index contributed by atoms with van der Waals surface area (Å²) in [4.78, 5) is 20.8. The Kier molecular flexibility index (Phi) is 5.42. The van der Waals surface area contributed by atoms with E-state index < -0.39 is 0 Å². The maximum absolute atomic E-state index is 12.8. The van der Waals surface area contributed by atoms with Gasteiger partial charge in [0.05, 0.1) is 10.6 Å². The van der Waals surface area contributed by atoms with Crippen molar-refractivity contribution < 1.29 is 9.53 Å². The molecule has 0 spiro atoms. The van der Waals surface area contributed by atoms with Crippen molar-refractivity contribution in [3.63, 3.8) is 0 Å². The van der Waals surface area contributed by atoms with Crippen LogP contribution < -0.4 is 4.90 Å². The lowest BCUT2D eigenvalue weighted by Gasteiger charge is -2.35. The minimum atomic E-state index is -0.309. The summed E-state index contributed by atoms with van der Waals surface area (Å²) < 4.78 is 5.76. The number of halogens is 1. The van der Waals surface area contributed by atoms with Crippen LogP contribution in [0.1, 0.15) is 22.6 Å². The molecular formula is C25H21ClN4O2. The third-order valence-electron chi connectivity index (χ3n) is 6.13. The maximum atomic E-state index is 12.8. The number of carbonyl (C=O) groups excluding carboxylic acids is 1. The number of fused-ring (bicyclic) bond motifs is 3. The molecule has 0 saturated carbocycles. The molecule has 1 aromatic heterocycles. The largest absolute Gasteiger partial charge is 0.448 e. The fraction of sp³-hybridized carbons (Fsp3) is 0.240. The number of ether oxygens (including phenoxy) is 1. The number of amides is 1. The Hall–Kier alpha value is -3.56. The molecule has 2 aliphatic rings. The zero-order valence-corrected chi connectivity index (χ0v) is 18.1. The van der Waals surface area contributed by atoms with E-state index in [2.05, 4.69) is 35.3 Å². The van der Waals surface area contributed by atoms with Crippen molar-refractivity contribution in [2.75, 3.05) is 37.7 Å². The van der Waals surface area contributed by atoms with Crippen molar-refractivity contribution in [1.29, 1.82) is 5.26 Å². The molecule has 1 saturated heterocycles. The highest BCUT2D eigenvalue weighted by molar-refractivity contribution is 6.30. The Balaban J connectivity index is 1.23. The lowest BCUT2D eigenvalue weighted by Crippen LogP contribution is -2.49. The van der Waals surface area contributed by atoms with Gasteiger partial charge in [0.15, 0.2) is 0 Å². The van der Waals surface area contributed by atoms with Gasteiger partial charge in [-0.05, 0) is 28.3 Å². The van der Waals surface area contributed by atoms with Crippen LogP contribution in [0.3, 0.4) is 0 Å². The molecule has 6 nitrogen and oxygen atoms in total. The fourth-order valence-electron chi connectivity index (χ4n) is 4.55. The number of hydrogen-bond acceptors (Lipinski definition) is 5. The number of pyridine rings is 1. The van der Waals surface area contributed by atoms with Gasteiger partial charge in [0, 0.05) is 38.3 Å². The second kappa shape index (κ2) is 8.52. The number of anilines is 1. The van der Waals surface area contributed by atoms with Crippen molar-refractivity contribution in [2.24, 2.45) is 0 Å². The molecule has 1 amide bonds. The zero-order chi connectivity index (χ0) is 22.1. The minimum absolute atomic E-state index is 0.0455. The van der Waals surface area contributed by atoms with Crippen LogP contribution in [0.25, 0.3) is 11.1 Å². The summed E-state index contributed by atoms with van der Waals surface area (Å²) >= 11 is 5.95. The summed E-state index contributed by atoms with van der Waals surface area (Å²) in [6.07, 6.45) is 1.23. The van der Waals surface area contributed by atoms with Crippen molar-refractivity contribution in [2.45, 2.75) is 5.92 Å². The van der Waals surface area contributed by atoms with Crippen molar-refractivity contribution in [3.05, 3.63) is 82.5 Å². The normalized spacial score (nSPS) is 15.1. The van der Waals surface area contributed by atoms with Crippen LogP contribution in [0.2, 0.25) is 5.02 Å². The second-order valence-corrected chi connectivity index (χ2v) is 8.35. The Bertz CT molecular complexity index is 1170. The molecule has 5 rings (SSSR count). The summed E-state index contributed by atoms with van der Waals surface area (Å²) in [5.41, 5.74) is 5.25. The first-order chi connectivity index (χ1) is 15.7. The van der Waals surface area contributed by atoms with E-state index in [1.807, 2.05) is 29.2 Å². The van der Waals surface area contributed by atoms with Crippen molar-refractivity contribution >= 4 is 23.5 Å². The first-order valence-electron chi connectivity index (χ1n) is 10.6. The Labute approximate surface area is 191 Å². The van der Waals surface area contributed by atoms with Crippen LogP contribution in [0.5, 0.6) is 0 Å². The Morgan fingerprint density at radius 3 is 2.31 bits per heavy atom. The van der Waals surface area contributed by atoms with Crippen LogP contribution in [0, 0.1) is 11.3 Å². The molecule has 1 aliphatic carbocycles. The average Bonchev–Trinajstić information content (AvgIpc) is 3.16. The van der Waals surface area contributed by atoms with E-state index in [0.29, 0.717) is 49.2 Å². The first-order valence-corrected chi connectivity index (χ1v) is 10.9. The summed E-state index contributed by atoms with van der Waals surface area (Å²) in [6.45, 7) is 2.48. The summed E-state index contributed by atoms with van der Waals surface area (Å²) in [6, 6.07) is 20.3. The molecule has 1 aliphatic heterocycles. The number of rotatable bonds is 3. The van der Waals surface area contributed by atoms with Gasteiger partial charge in [-0.15, -0.1) is 0 Å². The number of hydrogen-bond donors (Lipinski definition) is 0. The van der Waals surface area contributed by atoms with Crippen LogP contribution in [0.15, 0.2) is 60.8 Å². The van der Waals surface area contributed by atoms with E-state index in [9.17, 15) is 10.1 Å². The molecule has 0 N–H and O–H groups in total. The summed E-state index contributed by atoms with van der Waals surface area (Å²) in [5, 5.41) is 9.80. The molecular weight excluding hydrogens is 424 g/mol. The van der Waals surface area contributed by atoms with Crippen molar-refractivity contribution in [3.8, 4) is 17.2 Å². The molecule has 7 heteroatoms. The minimum Gasteiger partial charge on any atom is -0.448 e. The lowest BCUT2D eigenvalue weighted by molar-refractivity contribution is 0.0976. The molecule has 0 unspecified atom stereocenters. The van der Waals surface area contributed by atoms with Crippen LogP contribution in [0.4, 0.5) is 10.6 Å². The van der Waals surface area contributed by atoms with Gasteiger partial charge in [0.1, 0.15) is 18.5 Å². The third-order valence-corrected chi connectivity index (χ3v) is 6.33. The third kappa shape index (κ3) is 3.65. The van der Waals surface area contributed by atoms with E-state index in [4.69, 9.17) is 16.3 Å². The van der Waals surface area contributed by atoms with Crippen LogP contribution in [-0.2, 0) is 4.74 Å². The van der Waals surface area contributed by atoms with Gasteiger partial charge in [-0.1, -0.05) is 60.1 Å². The quantitative estimate of drug-likeness (QED) is 0.586. The van der Waals surface area contributed by atoms with Gasteiger partial charge in [-0.2, -0.15) is 5.26 Å². The molecule has 0 radical (unpaired) electrons. The number of benzene rings is 2. The number of nitrogens with zero attached hydrogens (tertiary/aromatic N) is 4. The zero-order valence-electron chi connectivity index (χ0n) is 17.4. The molecule has 0 bridgehead atoms. The predicted molar refractivity (Wildman–Crippen MR) is 123 cm³/mol. The lowest BCUT2D eigenvalue weighted by atomic mass is 9.98. The Morgan fingerprint density at radius 1 is 1.06 bits per heavy atom. The standard InChI is InChI=1S/C25H21ClN4O2/c26-18-13-17(14-27)24(28-15-18)29-9-11-30(12-10-29)25(31)32-16-23-21-7-3-1-5-19(21)20-6-2-4-8-22(20)23/h1-8,13,15,23H,9-12,16H2. The van der Waals surface area contributed by atoms with Gasteiger partial charge in [-0.3, -0.25) is 0 Å². The van der Waals surface area contributed by atoms with E-state index >= 15 is 0 Å². The SMILES string of the molecule is N#Cc1cc(Cl)cnc1N1CCN(C(=O)OCC2c3ccccc3-c3ccccc32)CC1. The molecule has 160 valence electrons. The molecule has 0 atom stereocenters. The fourth-order valence-corrected chi connectivity index (χ4v) is 4.71. The monoisotopic (exact) mass is 444 g/mol. The molecule has 2 heterocycles. The van der Waals surface area contributed by atoms with Gasteiger partial charge < -0.3 is 14.5 Å². The predicted octanol–water partition coefficient (Wildman–Crippen LogP) is 4.68. The first kappa shape index (κ1) is 20.3. The van der Waals surface area contributed by atoms with Crippen molar-refractivity contribution in [1.82, 2.24) is 9.88 Å². The average molecular weight is 445 g/mol. The van der Waals surface area contributed by atoms with Gasteiger partial charge in [-0.25, -0.2) is 9.78 Å². The van der Waals surface area contributed by atoms with E-state index in [0.717, 1.165) is 0 Å². The van der Waals surface area contributed by atoms with E-state index in [1.165, 1.54) is 28.5 Å². The highest BCUT2D eigenvalue weighted by atomic mass is 35.5. The number of aromatic nitrogens is 1. The number of nitriles is 1. The summed E-state index contributed by atoms with van der Waals surface area (Å²) in [5.74, 6) is 0.646. The smallest absolute Gasteiger partial charge is 0.409 e. The van der Waals surface area contributed by atoms with Gasteiger partial charge in [0.25, 0.3) is 0 Å². The van der Waals surface area contributed by atoms with E-state index in [-0.39, 0.29) is 12.0 Å². The van der Waals surface area contributed by atoms with Crippen LogP contribution >= 0.6 is 11.6 Å². The molecule has 1 fully saturated rings. The topological polar surface area (TPSA) is 69.5 Å². The van der Waals surface area contributed by atoms with Gasteiger partial charge in [0.2, 0.25) is 0 Å². The molecule has 3 aromatic rings. The molecule has 32 heavy (non-hydrogen) atoms. The maximum Gasteiger partial charge on any atom is 0.409 e. The highest BCUT2D eigenvalue weighted by Crippen LogP contribution is 2.44. The van der Waals surface area contributed by atoms with E-state index in [1.54, 1.807) is 11.0 Å². The number of piperazine rings is 1. The second-order valence-electron chi connectivity index (χ2n) is 7.91. The van der Waals surface area contributed by atoms with Gasteiger partial charge >= 0.3 is 6.09 Å². The Morgan fingerprint density at radius 2 is 1.69 bits per heavy atom. The molecule has 2 aromatic carbocycles. The van der Waals surface area contributed by atoms with Crippen LogP contribution in [-0.4, -0.2) is 48.8 Å². The summed E-state index contributed by atoms with van der Waals surface area (Å²) in [7, 11) is 0. The highest BCUT2D eigenvalue weighted by Gasteiger charge is 2.30. The number of carbonyl (C=O) groups is 1.